The number of carbonyl (C=O) groups excluding carboxylic acids is 2. The Hall–Kier alpha value is -3.52. The zero-order valence-corrected chi connectivity index (χ0v) is 21.1. The van der Waals surface area contributed by atoms with Gasteiger partial charge in [-0.25, -0.2) is 22.2 Å². The number of nitrogens with one attached hydrogen (secondary N) is 2. The molecular formula is C23H20F4N4O4S2. The van der Waals surface area contributed by atoms with Crippen molar-refractivity contribution >= 4 is 44.0 Å². The van der Waals surface area contributed by atoms with E-state index in [9.17, 15) is 26.8 Å². The van der Waals surface area contributed by atoms with Gasteiger partial charge in [0.25, 0.3) is 11.8 Å². The topological polar surface area (TPSA) is 108 Å². The highest BCUT2D eigenvalue weighted by Gasteiger charge is 2.47. The van der Waals surface area contributed by atoms with E-state index in [1.54, 1.807) is 0 Å². The third kappa shape index (κ3) is 5.74. The molecule has 0 aliphatic carbocycles. The lowest BCUT2D eigenvalue weighted by Gasteiger charge is -2.29. The number of rotatable bonds is 6. The minimum absolute atomic E-state index is 0.0506. The van der Waals surface area contributed by atoms with Crippen LogP contribution in [-0.4, -0.2) is 42.9 Å². The van der Waals surface area contributed by atoms with Gasteiger partial charge < -0.3 is 10.2 Å². The summed E-state index contributed by atoms with van der Waals surface area (Å²) in [5.41, 5.74) is -0.666. The average molecular weight is 557 g/mol. The molecule has 2 heterocycles. The van der Waals surface area contributed by atoms with E-state index in [4.69, 9.17) is 0 Å². The quantitative estimate of drug-likeness (QED) is 0.446. The Kier molecular flexibility index (Phi) is 6.99. The minimum atomic E-state index is -4.30. The summed E-state index contributed by atoms with van der Waals surface area (Å²) < 4.78 is 83.5. The predicted octanol–water partition coefficient (Wildman–Crippen LogP) is 4.03. The van der Waals surface area contributed by atoms with Gasteiger partial charge in [0.1, 0.15) is 11.6 Å². The van der Waals surface area contributed by atoms with Crippen LogP contribution >= 0.6 is 11.3 Å². The third-order valence-corrected chi connectivity index (χ3v) is 7.23. The van der Waals surface area contributed by atoms with Crippen molar-refractivity contribution in [2.24, 2.45) is 0 Å². The van der Waals surface area contributed by atoms with Crippen LogP contribution in [0.2, 0.25) is 0 Å². The lowest BCUT2D eigenvalue weighted by atomic mass is 10.0. The molecule has 0 spiro atoms. The van der Waals surface area contributed by atoms with E-state index in [-0.39, 0.29) is 41.5 Å². The van der Waals surface area contributed by atoms with Crippen molar-refractivity contribution in [1.82, 2.24) is 9.88 Å². The SMILES string of the molecule is Cc1cc(NC(=O)c2ccc(F)c(C(F)(F)C(=O)N3CCc4nc(NS(C)(=O)=O)sc4C3)c2)ccc1F. The Morgan fingerprint density at radius 3 is 2.49 bits per heavy atom. The Labute approximate surface area is 213 Å². The highest BCUT2D eigenvalue weighted by molar-refractivity contribution is 7.92. The van der Waals surface area contributed by atoms with Gasteiger partial charge in [-0.3, -0.25) is 14.3 Å². The molecule has 3 aromatic rings. The monoisotopic (exact) mass is 556 g/mol. The maximum Gasteiger partial charge on any atom is 0.352 e. The number of hydrogen-bond acceptors (Lipinski definition) is 6. The molecule has 0 unspecified atom stereocenters. The van der Waals surface area contributed by atoms with E-state index in [2.05, 4.69) is 15.0 Å². The first-order valence-electron chi connectivity index (χ1n) is 10.8. The zero-order chi connectivity index (χ0) is 27.1. The van der Waals surface area contributed by atoms with E-state index in [1.165, 1.54) is 19.1 Å². The first-order valence-corrected chi connectivity index (χ1v) is 13.5. The second-order valence-electron chi connectivity index (χ2n) is 8.43. The Balaban J connectivity index is 1.54. The van der Waals surface area contributed by atoms with Crippen molar-refractivity contribution in [3.05, 3.63) is 75.3 Å². The van der Waals surface area contributed by atoms with Crippen LogP contribution in [-0.2, 0) is 33.7 Å². The molecule has 196 valence electrons. The van der Waals surface area contributed by atoms with Crippen LogP contribution < -0.4 is 10.0 Å². The van der Waals surface area contributed by atoms with Gasteiger partial charge in [0.05, 0.1) is 24.1 Å². The molecule has 0 atom stereocenters. The van der Waals surface area contributed by atoms with Crippen LogP contribution in [0.1, 0.15) is 32.1 Å². The molecule has 2 aromatic carbocycles. The van der Waals surface area contributed by atoms with Crippen LogP contribution in [0.5, 0.6) is 0 Å². The first-order chi connectivity index (χ1) is 17.2. The van der Waals surface area contributed by atoms with Gasteiger partial charge in [0, 0.05) is 29.1 Å². The molecule has 1 aromatic heterocycles. The molecule has 0 saturated carbocycles. The van der Waals surface area contributed by atoms with Gasteiger partial charge in [0.15, 0.2) is 5.13 Å². The standard InChI is InChI=1S/C23H20F4N4O4S2/c1-12-9-14(4-6-16(12)24)28-20(32)13-3-5-17(25)15(10-13)23(26,27)21(33)31-8-7-18-19(11-31)36-22(29-18)30-37(2,34)35/h3-6,9-10H,7-8,11H2,1-2H3,(H,28,32)(H,29,30). The van der Waals surface area contributed by atoms with E-state index in [0.717, 1.165) is 34.6 Å². The van der Waals surface area contributed by atoms with Crippen LogP contribution in [0.3, 0.4) is 0 Å². The summed E-state index contributed by atoms with van der Waals surface area (Å²) in [6.45, 7) is 1.07. The number of thiazole rings is 1. The van der Waals surface area contributed by atoms with Gasteiger partial charge in [-0.1, -0.05) is 11.3 Å². The van der Waals surface area contributed by atoms with Gasteiger partial charge in [-0.2, -0.15) is 8.78 Å². The third-order valence-electron chi connectivity index (χ3n) is 5.54. The van der Waals surface area contributed by atoms with Gasteiger partial charge in [-0.05, 0) is 48.9 Å². The number of alkyl halides is 2. The summed E-state index contributed by atoms with van der Waals surface area (Å²) in [4.78, 5) is 30.8. The molecule has 1 aliphatic heterocycles. The number of hydrogen-bond donors (Lipinski definition) is 2. The van der Waals surface area contributed by atoms with Crippen LogP contribution in [0.15, 0.2) is 36.4 Å². The number of aromatic nitrogens is 1. The smallest absolute Gasteiger partial charge is 0.332 e. The molecule has 2 N–H and O–H groups in total. The van der Waals surface area contributed by atoms with Crippen molar-refractivity contribution in [2.75, 3.05) is 22.8 Å². The molecule has 0 saturated heterocycles. The fourth-order valence-electron chi connectivity index (χ4n) is 3.72. The predicted molar refractivity (Wildman–Crippen MR) is 129 cm³/mol. The fourth-order valence-corrected chi connectivity index (χ4v) is 5.58. The van der Waals surface area contributed by atoms with Crippen molar-refractivity contribution in [3.8, 4) is 0 Å². The minimum Gasteiger partial charge on any atom is -0.332 e. The summed E-state index contributed by atoms with van der Waals surface area (Å²) in [7, 11) is -3.60. The van der Waals surface area contributed by atoms with Gasteiger partial charge in [0.2, 0.25) is 10.0 Å². The van der Waals surface area contributed by atoms with Crippen LogP contribution in [0.4, 0.5) is 28.4 Å². The summed E-state index contributed by atoms with van der Waals surface area (Å²) in [5.74, 6) is -8.69. The summed E-state index contributed by atoms with van der Waals surface area (Å²) >= 11 is 0.911. The number of nitrogens with zero attached hydrogens (tertiary/aromatic N) is 2. The van der Waals surface area contributed by atoms with Gasteiger partial charge >= 0.3 is 5.92 Å². The van der Waals surface area contributed by atoms with Crippen molar-refractivity contribution in [1.29, 1.82) is 0 Å². The highest BCUT2D eigenvalue weighted by Crippen LogP contribution is 2.36. The number of fused-ring (bicyclic) bond motifs is 1. The lowest BCUT2D eigenvalue weighted by molar-refractivity contribution is -0.160. The molecule has 14 heteroatoms. The maximum atomic E-state index is 15.3. The van der Waals surface area contributed by atoms with Crippen LogP contribution in [0.25, 0.3) is 0 Å². The molecule has 0 radical (unpaired) electrons. The Bertz CT molecular complexity index is 1510. The number of sulfonamides is 1. The maximum absolute atomic E-state index is 15.3. The fraction of sp³-hybridized carbons (Fsp3) is 0.261. The second kappa shape index (κ2) is 9.74. The van der Waals surface area contributed by atoms with Crippen molar-refractivity contribution in [2.45, 2.75) is 25.8 Å². The van der Waals surface area contributed by atoms with Crippen LogP contribution in [0, 0.1) is 18.6 Å². The molecule has 0 bridgehead atoms. The highest BCUT2D eigenvalue weighted by atomic mass is 32.2. The van der Waals surface area contributed by atoms with E-state index >= 15 is 8.78 Å². The van der Waals surface area contributed by atoms with E-state index in [0.29, 0.717) is 22.7 Å². The molecule has 0 fully saturated rings. The number of aryl methyl sites for hydroxylation is 1. The molecule has 1 aliphatic rings. The normalized spacial score (nSPS) is 13.7. The molecular weight excluding hydrogens is 536 g/mol. The summed E-state index contributed by atoms with van der Waals surface area (Å²) in [5, 5.41) is 2.47. The molecule has 4 rings (SSSR count). The average Bonchev–Trinajstić information content (AvgIpc) is 3.20. The number of benzene rings is 2. The molecule has 37 heavy (non-hydrogen) atoms. The number of amides is 2. The summed E-state index contributed by atoms with van der Waals surface area (Å²) in [6, 6.07) is 6.02. The number of carbonyl (C=O) groups is 2. The van der Waals surface area contributed by atoms with Crippen molar-refractivity contribution < 1.29 is 35.6 Å². The number of halogens is 4. The largest absolute Gasteiger partial charge is 0.352 e. The molecule has 8 nitrogen and oxygen atoms in total. The first kappa shape index (κ1) is 26.5. The van der Waals surface area contributed by atoms with E-state index < -0.39 is 45.0 Å². The number of anilines is 2. The van der Waals surface area contributed by atoms with E-state index in [1.807, 2.05) is 0 Å². The van der Waals surface area contributed by atoms with Gasteiger partial charge in [-0.15, -0.1) is 0 Å². The Morgan fingerprint density at radius 2 is 1.81 bits per heavy atom. The second-order valence-corrected chi connectivity index (χ2v) is 11.3. The zero-order valence-electron chi connectivity index (χ0n) is 19.4. The lowest BCUT2D eigenvalue weighted by Crippen LogP contribution is -2.44. The van der Waals surface area contributed by atoms with Crippen molar-refractivity contribution in [3.63, 3.8) is 0 Å². The molecule has 2 amide bonds. The summed E-state index contributed by atoms with van der Waals surface area (Å²) in [6.07, 6.45) is 1.04. The Morgan fingerprint density at radius 1 is 1.11 bits per heavy atom.